The first-order valence-electron chi connectivity index (χ1n) is 7.67. The number of carbonyl (C=O) groups is 1. The van der Waals surface area contributed by atoms with Gasteiger partial charge in [0, 0.05) is 19.0 Å². The Morgan fingerprint density at radius 2 is 2.14 bits per heavy atom. The van der Waals surface area contributed by atoms with Crippen LogP contribution in [-0.2, 0) is 11.2 Å². The van der Waals surface area contributed by atoms with E-state index in [0.29, 0.717) is 24.9 Å². The van der Waals surface area contributed by atoms with E-state index in [2.05, 4.69) is 6.92 Å². The average Bonchev–Trinajstić information content (AvgIpc) is 2.88. The summed E-state index contributed by atoms with van der Waals surface area (Å²) in [5.74, 6) is -0.0951. The second-order valence-corrected chi connectivity index (χ2v) is 6.56. The fraction of sp³-hybridized carbons (Fsp3) is 0.588. The van der Waals surface area contributed by atoms with E-state index in [-0.39, 0.29) is 35.5 Å². The van der Waals surface area contributed by atoms with Gasteiger partial charge >= 0.3 is 0 Å². The van der Waals surface area contributed by atoms with Crippen molar-refractivity contribution in [3.63, 3.8) is 0 Å². The van der Waals surface area contributed by atoms with Gasteiger partial charge in [-0.3, -0.25) is 4.79 Å². The lowest BCUT2D eigenvalue weighted by atomic mass is 9.90. The minimum absolute atomic E-state index is 0. The smallest absolute Gasteiger partial charge is 0.225 e. The number of nitrogens with zero attached hydrogens (tertiary/aromatic N) is 1. The molecule has 0 saturated carbocycles. The summed E-state index contributed by atoms with van der Waals surface area (Å²) >= 11 is 0. The Morgan fingerprint density at radius 3 is 2.73 bits per heavy atom. The van der Waals surface area contributed by atoms with Gasteiger partial charge in [-0.1, -0.05) is 32.0 Å². The Morgan fingerprint density at radius 1 is 1.45 bits per heavy atom. The quantitative estimate of drug-likeness (QED) is 0.903. The predicted molar refractivity (Wildman–Crippen MR) is 89.5 cm³/mol. The number of halogens is 2. The summed E-state index contributed by atoms with van der Waals surface area (Å²) in [5.41, 5.74) is 6.52. The van der Waals surface area contributed by atoms with Crippen molar-refractivity contribution in [2.75, 3.05) is 19.6 Å². The van der Waals surface area contributed by atoms with Crippen LogP contribution >= 0.6 is 12.4 Å². The van der Waals surface area contributed by atoms with Crippen molar-refractivity contribution in [1.82, 2.24) is 4.90 Å². The van der Waals surface area contributed by atoms with Gasteiger partial charge in [-0.25, -0.2) is 4.39 Å². The number of rotatable bonds is 5. The van der Waals surface area contributed by atoms with Crippen LogP contribution in [-0.4, -0.2) is 30.4 Å². The van der Waals surface area contributed by atoms with Crippen molar-refractivity contribution in [2.24, 2.45) is 17.1 Å². The number of hydrogen-bond donors (Lipinski definition) is 1. The van der Waals surface area contributed by atoms with Gasteiger partial charge < -0.3 is 10.6 Å². The zero-order chi connectivity index (χ0) is 15.5. The van der Waals surface area contributed by atoms with Crippen LogP contribution < -0.4 is 5.73 Å². The molecule has 3 nitrogen and oxygen atoms in total. The van der Waals surface area contributed by atoms with Crippen LogP contribution in [0.5, 0.6) is 0 Å². The first-order chi connectivity index (χ1) is 9.95. The molecule has 0 aliphatic carbocycles. The summed E-state index contributed by atoms with van der Waals surface area (Å²) in [5, 5.41) is 0. The highest BCUT2D eigenvalue weighted by atomic mass is 35.5. The van der Waals surface area contributed by atoms with Crippen LogP contribution in [0.4, 0.5) is 4.39 Å². The number of nitrogens with two attached hydrogens (primary N) is 1. The lowest BCUT2D eigenvalue weighted by Gasteiger charge is -2.24. The lowest BCUT2D eigenvalue weighted by Crippen LogP contribution is -2.37. The molecule has 1 heterocycles. The Balaban J connectivity index is 0.00000242. The van der Waals surface area contributed by atoms with E-state index in [1.54, 1.807) is 12.1 Å². The first-order valence-corrected chi connectivity index (χ1v) is 7.67. The van der Waals surface area contributed by atoms with Crippen LogP contribution in [0.15, 0.2) is 24.3 Å². The normalized spacial score (nSPS) is 22.3. The molecule has 2 unspecified atom stereocenters. The van der Waals surface area contributed by atoms with Crippen LogP contribution in [0, 0.1) is 17.2 Å². The average molecular weight is 329 g/mol. The van der Waals surface area contributed by atoms with Gasteiger partial charge in [-0.15, -0.1) is 12.4 Å². The molecule has 0 bridgehead atoms. The first kappa shape index (κ1) is 18.9. The highest BCUT2D eigenvalue weighted by Gasteiger charge is 2.36. The SMILES string of the molecule is CC(CCc1ccccc1F)C(=O)N1CCC(C)(CN)C1.Cl. The lowest BCUT2D eigenvalue weighted by molar-refractivity contribution is -0.134. The standard InChI is InChI=1S/C17H25FN2O.ClH/c1-13(7-8-14-5-3-4-6-15(14)18)16(21)20-10-9-17(2,11-19)12-20;/h3-6,13H,7-12,19H2,1-2H3;1H. The molecule has 0 aromatic heterocycles. The Labute approximate surface area is 138 Å². The Hall–Kier alpha value is -1.13. The molecule has 1 aromatic rings. The highest BCUT2D eigenvalue weighted by molar-refractivity contribution is 5.85. The Kier molecular flexibility index (Phi) is 6.82. The van der Waals surface area contributed by atoms with Gasteiger partial charge in [-0.05, 0) is 42.9 Å². The number of benzene rings is 1. The third-order valence-electron chi connectivity index (χ3n) is 4.59. The van der Waals surface area contributed by atoms with Crippen molar-refractivity contribution >= 4 is 18.3 Å². The minimum atomic E-state index is -0.186. The molecule has 1 fully saturated rings. The molecule has 1 aliphatic heterocycles. The summed E-state index contributed by atoms with van der Waals surface area (Å²) in [6.07, 6.45) is 2.24. The van der Waals surface area contributed by atoms with Crippen LogP contribution in [0.2, 0.25) is 0 Å². The molecule has 124 valence electrons. The molecule has 0 radical (unpaired) electrons. The maximum Gasteiger partial charge on any atom is 0.225 e. The van der Waals surface area contributed by atoms with Crippen molar-refractivity contribution < 1.29 is 9.18 Å². The molecule has 2 atom stereocenters. The van der Waals surface area contributed by atoms with Crippen molar-refractivity contribution in [3.8, 4) is 0 Å². The van der Waals surface area contributed by atoms with Gasteiger partial charge in [0.15, 0.2) is 0 Å². The molecule has 22 heavy (non-hydrogen) atoms. The predicted octanol–water partition coefficient (Wildman–Crippen LogP) is 3.01. The van der Waals surface area contributed by atoms with Crippen LogP contribution in [0.25, 0.3) is 0 Å². The van der Waals surface area contributed by atoms with E-state index in [9.17, 15) is 9.18 Å². The summed E-state index contributed by atoms with van der Waals surface area (Å²) in [4.78, 5) is 14.4. The fourth-order valence-electron chi connectivity index (χ4n) is 2.89. The topological polar surface area (TPSA) is 46.3 Å². The monoisotopic (exact) mass is 328 g/mol. The van der Waals surface area contributed by atoms with Gasteiger partial charge in [0.05, 0.1) is 0 Å². The second kappa shape index (κ2) is 7.93. The molecular weight excluding hydrogens is 303 g/mol. The molecule has 1 aliphatic rings. The maximum absolute atomic E-state index is 13.6. The van der Waals surface area contributed by atoms with E-state index < -0.39 is 0 Å². The third-order valence-corrected chi connectivity index (χ3v) is 4.59. The van der Waals surface area contributed by atoms with Crippen molar-refractivity contribution in [1.29, 1.82) is 0 Å². The number of carbonyl (C=O) groups excluding carboxylic acids is 1. The number of hydrogen-bond acceptors (Lipinski definition) is 2. The Bertz CT molecular complexity index is 511. The number of likely N-dealkylation sites (tertiary alicyclic amines) is 1. The number of amides is 1. The third kappa shape index (κ3) is 4.43. The van der Waals surface area contributed by atoms with Crippen molar-refractivity contribution in [2.45, 2.75) is 33.1 Å². The molecule has 2 rings (SSSR count). The summed E-state index contributed by atoms with van der Waals surface area (Å²) in [6.45, 7) is 6.20. The highest BCUT2D eigenvalue weighted by Crippen LogP contribution is 2.30. The molecule has 1 amide bonds. The van der Waals surface area contributed by atoms with Crippen LogP contribution in [0.3, 0.4) is 0 Å². The summed E-state index contributed by atoms with van der Waals surface area (Å²) < 4.78 is 13.6. The van der Waals surface area contributed by atoms with Gasteiger partial charge in [0.25, 0.3) is 0 Å². The molecule has 2 N–H and O–H groups in total. The van der Waals surface area contributed by atoms with E-state index in [4.69, 9.17) is 5.73 Å². The molecular formula is C17H26ClFN2O. The number of aryl methyl sites for hydroxylation is 1. The molecule has 1 aromatic carbocycles. The van der Waals surface area contributed by atoms with E-state index >= 15 is 0 Å². The largest absolute Gasteiger partial charge is 0.342 e. The van der Waals surface area contributed by atoms with Gasteiger partial charge in [0.1, 0.15) is 5.82 Å². The van der Waals surface area contributed by atoms with E-state index in [1.807, 2.05) is 17.9 Å². The molecule has 0 spiro atoms. The molecule has 1 saturated heterocycles. The van der Waals surface area contributed by atoms with Gasteiger partial charge in [0.2, 0.25) is 5.91 Å². The fourth-order valence-corrected chi connectivity index (χ4v) is 2.89. The summed E-state index contributed by atoms with van der Waals surface area (Å²) in [7, 11) is 0. The van der Waals surface area contributed by atoms with Crippen molar-refractivity contribution in [3.05, 3.63) is 35.6 Å². The molecule has 5 heteroatoms. The second-order valence-electron chi connectivity index (χ2n) is 6.56. The zero-order valence-electron chi connectivity index (χ0n) is 13.3. The summed E-state index contributed by atoms with van der Waals surface area (Å²) in [6, 6.07) is 6.77. The van der Waals surface area contributed by atoms with E-state index in [0.717, 1.165) is 19.5 Å². The van der Waals surface area contributed by atoms with E-state index in [1.165, 1.54) is 6.07 Å². The minimum Gasteiger partial charge on any atom is -0.342 e. The van der Waals surface area contributed by atoms with Gasteiger partial charge in [-0.2, -0.15) is 0 Å². The van der Waals surface area contributed by atoms with Crippen LogP contribution in [0.1, 0.15) is 32.3 Å². The zero-order valence-corrected chi connectivity index (χ0v) is 14.2. The maximum atomic E-state index is 13.6.